The zero-order chi connectivity index (χ0) is 17.7. The lowest BCUT2D eigenvalue weighted by molar-refractivity contribution is -0.388. The van der Waals surface area contributed by atoms with Gasteiger partial charge >= 0.3 is 0 Å². The first-order valence-electron chi connectivity index (χ1n) is 7.13. The van der Waals surface area contributed by atoms with Crippen LogP contribution in [0.4, 0.5) is 5.69 Å². The molecule has 0 fully saturated rings. The summed E-state index contributed by atoms with van der Waals surface area (Å²) in [6.45, 7) is 4.01. The molecule has 0 amide bonds. The van der Waals surface area contributed by atoms with E-state index < -0.39 is 14.9 Å². The van der Waals surface area contributed by atoms with Gasteiger partial charge in [0.1, 0.15) is 0 Å². The molecule has 0 unspecified atom stereocenters. The topological polar surface area (TPSA) is 106 Å². The fourth-order valence-corrected chi connectivity index (χ4v) is 4.31. The zero-order valence-electron chi connectivity index (χ0n) is 13.1. The molecule has 0 bridgehead atoms. The summed E-state index contributed by atoms with van der Waals surface area (Å²) in [5.74, 6) is 0. The van der Waals surface area contributed by atoms with E-state index in [1.807, 2.05) is 0 Å². The van der Waals surface area contributed by atoms with Crippen LogP contribution in [0.25, 0.3) is 0 Å². The molecule has 10 heteroatoms. The monoisotopic (exact) mass is 368 g/mol. The number of nitro benzene ring substituents is 1. The predicted molar refractivity (Wildman–Crippen MR) is 89.4 cm³/mol. The second-order valence-corrected chi connectivity index (χ2v) is 7.56. The summed E-state index contributed by atoms with van der Waals surface area (Å²) >= 11 is 1.01. The summed E-state index contributed by atoms with van der Waals surface area (Å²) in [5.41, 5.74) is -0.291. The average Bonchev–Trinajstić information content (AvgIpc) is 2.56. The van der Waals surface area contributed by atoms with Crippen molar-refractivity contribution in [2.45, 2.75) is 28.8 Å². The van der Waals surface area contributed by atoms with Gasteiger partial charge in [0.05, 0.1) is 14.7 Å². The Morgan fingerprint density at radius 2 is 1.83 bits per heavy atom. The molecule has 8 nitrogen and oxygen atoms in total. The van der Waals surface area contributed by atoms with Crippen LogP contribution in [0.2, 0.25) is 0 Å². The largest absolute Gasteiger partial charge is 0.284 e. The molecule has 0 aliphatic carbocycles. The molecule has 0 aliphatic rings. The van der Waals surface area contributed by atoms with E-state index in [0.717, 1.165) is 17.8 Å². The van der Waals surface area contributed by atoms with E-state index in [1.165, 1.54) is 28.8 Å². The van der Waals surface area contributed by atoms with Gasteiger partial charge in [-0.05, 0) is 30.0 Å². The first-order valence-corrected chi connectivity index (χ1v) is 9.39. The van der Waals surface area contributed by atoms with E-state index >= 15 is 0 Å². The Morgan fingerprint density at radius 1 is 1.21 bits per heavy atom. The maximum absolute atomic E-state index is 12.5. The molecule has 0 atom stereocenters. The van der Waals surface area contributed by atoms with Crippen molar-refractivity contribution in [2.75, 3.05) is 13.1 Å². The molecule has 0 N–H and O–H groups in total. The van der Waals surface area contributed by atoms with Crippen LogP contribution in [-0.4, -0.2) is 40.7 Å². The molecule has 1 aromatic carbocycles. The Bertz CT molecular complexity index is 824. The third-order valence-corrected chi connectivity index (χ3v) is 6.22. The SMILES string of the molecule is CCN(CC)S(=O)(=O)c1ccc(Sc2ncccn2)c([N+](=O)[O-])c1. The van der Waals surface area contributed by atoms with E-state index in [2.05, 4.69) is 9.97 Å². The molecule has 0 spiro atoms. The summed E-state index contributed by atoms with van der Waals surface area (Å²) in [5, 5.41) is 11.7. The Hall–Kier alpha value is -2.04. The van der Waals surface area contributed by atoms with Gasteiger partial charge in [-0.3, -0.25) is 10.1 Å². The van der Waals surface area contributed by atoms with Crippen LogP contribution >= 0.6 is 11.8 Å². The van der Waals surface area contributed by atoms with Crippen molar-refractivity contribution >= 4 is 27.5 Å². The van der Waals surface area contributed by atoms with Gasteiger partial charge in [0.25, 0.3) is 5.69 Å². The standard InChI is InChI=1S/C14H16N4O4S2/c1-3-17(4-2)24(21,22)11-6-7-13(12(10-11)18(19)20)23-14-15-8-5-9-16-14/h5-10H,3-4H2,1-2H3. The third-order valence-electron chi connectivity index (χ3n) is 3.21. The smallest absolute Gasteiger partial charge is 0.258 e. The number of hydrogen-bond acceptors (Lipinski definition) is 7. The number of benzene rings is 1. The van der Waals surface area contributed by atoms with E-state index in [9.17, 15) is 18.5 Å². The van der Waals surface area contributed by atoms with Gasteiger partial charge in [-0.15, -0.1) is 0 Å². The lowest BCUT2D eigenvalue weighted by Gasteiger charge is -2.18. The van der Waals surface area contributed by atoms with Crippen molar-refractivity contribution in [3.63, 3.8) is 0 Å². The van der Waals surface area contributed by atoms with E-state index in [4.69, 9.17) is 0 Å². The molecule has 0 saturated heterocycles. The van der Waals surface area contributed by atoms with Crippen LogP contribution in [-0.2, 0) is 10.0 Å². The first-order chi connectivity index (χ1) is 11.4. The summed E-state index contributed by atoms with van der Waals surface area (Å²) in [4.78, 5) is 18.9. The molecule has 0 radical (unpaired) electrons. The lowest BCUT2D eigenvalue weighted by atomic mass is 10.3. The molecule has 2 aromatic rings. The van der Waals surface area contributed by atoms with Gasteiger partial charge in [0.2, 0.25) is 10.0 Å². The Morgan fingerprint density at radius 3 is 2.38 bits per heavy atom. The Balaban J connectivity index is 2.46. The van der Waals surface area contributed by atoms with Gasteiger partial charge in [0, 0.05) is 31.5 Å². The number of aromatic nitrogens is 2. The van der Waals surface area contributed by atoms with Crippen LogP contribution < -0.4 is 0 Å². The maximum atomic E-state index is 12.5. The van der Waals surface area contributed by atoms with Crippen molar-refractivity contribution in [3.8, 4) is 0 Å². The van der Waals surface area contributed by atoms with Crippen molar-refractivity contribution in [3.05, 3.63) is 46.8 Å². The highest BCUT2D eigenvalue weighted by Gasteiger charge is 2.26. The van der Waals surface area contributed by atoms with Gasteiger partial charge in [0.15, 0.2) is 5.16 Å². The molecule has 1 heterocycles. The molecular weight excluding hydrogens is 352 g/mol. The zero-order valence-corrected chi connectivity index (χ0v) is 14.7. The summed E-state index contributed by atoms with van der Waals surface area (Å²) in [7, 11) is -3.76. The van der Waals surface area contributed by atoms with E-state index in [1.54, 1.807) is 19.9 Å². The highest BCUT2D eigenvalue weighted by molar-refractivity contribution is 7.99. The van der Waals surface area contributed by atoms with Crippen molar-refractivity contribution < 1.29 is 13.3 Å². The summed E-state index contributed by atoms with van der Waals surface area (Å²) in [6.07, 6.45) is 3.06. The molecular formula is C14H16N4O4S2. The number of nitro groups is 1. The van der Waals surface area contributed by atoms with Gasteiger partial charge < -0.3 is 0 Å². The Kier molecular flexibility index (Phi) is 5.86. The van der Waals surface area contributed by atoms with Gasteiger partial charge in [-0.1, -0.05) is 13.8 Å². The molecule has 2 rings (SSSR count). The highest BCUT2D eigenvalue weighted by atomic mass is 32.2. The fourth-order valence-electron chi connectivity index (χ4n) is 2.04. The summed E-state index contributed by atoms with van der Waals surface area (Å²) < 4.78 is 26.3. The van der Waals surface area contributed by atoms with Crippen LogP contribution in [0.1, 0.15) is 13.8 Å². The van der Waals surface area contributed by atoms with E-state index in [0.29, 0.717) is 18.2 Å². The summed E-state index contributed by atoms with van der Waals surface area (Å²) in [6, 6.07) is 5.50. The fraction of sp³-hybridized carbons (Fsp3) is 0.286. The molecule has 128 valence electrons. The average molecular weight is 368 g/mol. The number of rotatable bonds is 7. The number of hydrogen-bond donors (Lipinski definition) is 0. The minimum absolute atomic E-state index is 0.101. The maximum Gasteiger partial charge on any atom is 0.284 e. The second kappa shape index (κ2) is 7.69. The van der Waals surface area contributed by atoms with Crippen molar-refractivity contribution in [1.82, 2.24) is 14.3 Å². The highest BCUT2D eigenvalue weighted by Crippen LogP contribution is 2.34. The molecule has 1 aromatic heterocycles. The molecule has 0 aliphatic heterocycles. The minimum Gasteiger partial charge on any atom is -0.258 e. The number of sulfonamides is 1. The third kappa shape index (κ3) is 3.89. The van der Waals surface area contributed by atoms with Crippen molar-refractivity contribution in [2.24, 2.45) is 0 Å². The lowest BCUT2D eigenvalue weighted by Crippen LogP contribution is -2.30. The molecule has 0 saturated carbocycles. The first kappa shape index (κ1) is 18.3. The van der Waals surface area contributed by atoms with Crippen molar-refractivity contribution in [1.29, 1.82) is 0 Å². The quantitative estimate of drug-likeness (QED) is 0.420. The van der Waals surface area contributed by atoms with Crippen LogP contribution in [0.5, 0.6) is 0 Å². The van der Waals surface area contributed by atoms with Crippen LogP contribution in [0, 0.1) is 10.1 Å². The predicted octanol–water partition coefficient (Wildman–Crippen LogP) is 2.57. The number of nitrogens with zero attached hydrogens (tertiary/aromatic N) is 4. The second-order valence-electron chi connectivity index (χ2n) is 4.61. The normalized spacial score (nSPS) is 11.6. The van der Waals surface area contributed by atoms with Crippen LogP contribution in [0.3, 0.4) is 0 Å². The van der Waals surface area contributed by atoms with Crippen LogP contribution in [0.15, 0.2) is 51.6 Å². The van der Waals surface area contributed by atoms with Gasteiger partial charge in [-0.2, -0.15) is 4.31 Å². The Labute approximate surface area is 144 Å². The van der Waals surface area contributed by atoms with E-state index in [-0.39, 0.29) is 15.5 Å². The molecule has 24 heavy (non-hydrogen) atoms. The van der Waals surface area contributed by atoms with Gasteiger partial charge in [-0.25, -0.2) is 18.4 Å². The minimum atomic E-state index is -3.76.